The van der Waals surface area contributed by atoms with Crippen molar-refractivity contribution in [2.75, 3.05) is 0 Å². The first-order valence-corrected chi connectivity index (χ1v) is 7.79. The molecule has 0 heteroatoms. The Morgan fingerprint density at radius 3 is 1.71 bits per heavy atom. The van der Waals surface area contributed by atoms with Gasteiger partial charge in [0.25, 0.3) is 0 Å². The van der Waals surface area contributed by atoms with Crippen LogP contribution in [0.5, 0.6) is 0 Å². The number of hydrogen-bond donors (Lipinski definition) is 0. The van der Waals surface area contributed by atoms with Gasteiger partial charge in [-0.2, -0.15) is 0 Å². The van der Waals surface area contributed by atoms with Crippen LogP contribution in [0.15, 0.2) is 0 Å². The average molecular weight is 240 g/mol. The molecule has 0 aromatic carbocycles. The molecule has 17 heavy (non-hydrogen) atoms. The summed E-state index contributed by atoms with van der Waals surface area (Å²) in [5.74, 6) is 3.49. The van der Waals surface area contributed by atoms with Gasteiger partial charge in [0.15, 0.2) is 0 Å². The van der Waals surface area contributed by atoms with Crippen molar-refractivity contribution in [1.29, 1.82) is 0 Å². The van der Waals surface area contributed by atoms with Crippen LogP contribution in [0.25, 0.3) is 0 Å². The lowest BCUT2D eigenvalue weighted by molar-refractivity contribution is 0.0868. The Morgan fingerprint density at radius 1 is 0.882 bits per heavy atom. The first kappa shape index (κ1) is 17.0. The predicted molar refractivity (Wildman–Crippen MR) is 80.3 cm³/mol. The smallest absolute Gasteiger partial charge is 0.0339 e. The van der Waals surface area contributed by atoms with Crippen LogP contribution in [0, 0.1) is 29.1 Å². The zero-order chi connectivity index (χ0) is 13.6. The van der Waals surface area contributed by atoms with Gasteiger partial charge in [0.05, 0.1) is 0 Å². The highest BCUT2D eigenvalue weighted by Gasteiger charge is 2.33. The summed E-state index contributed by atoms with van der Waals surface area (Å²) in [6.07, 6.45) is 5.38. The lowest BCUT2D eigenvalue weighted by Crippen LogP contribution is -2.33. The van der Waals surface area contributed by atoms with E-state index in [1.165, 1.54) is 25.7 Å². The molecule has 0 radical (unpaired) electrons. The van der Waals surface area contributed by atoms with E-state index in [-0.39, 0.29) is 0 Å². The number of hydrogen-bond acceptors (Lipinski definition) is 0. The van der Waals surface area contributed by atoms with Crippen LogP contribution in [-0.2, 0) is 0 Å². The van der Waals surface area contributed by atoms with E-state index in [0.29, 0.717) is 5.41 Å². The third-order valence-electron chi connectivity index (χ3n) is 4.81. The minimum Gasteiger partial charge on any atom is -0.0654 e. The third-order valence-corrected chi connectivity index (χ3v) is 4.81. The molecule has 0 saturated carbocycles. The van der Waals surface area contributed by atoms with Crippen molar-refractivity contribution < 1.29 is 0 Å². The molecule has 0 amide bonds. The van der Waals surface area contributed by atoms with E-state index in [2.05, 4.69) is 55.4 Å². The Labute approximate surface area is 111 Å². The molecular formula is C17H36. The Kier molecular flexibility index (Phi) is 7.44. The highest BCUT2D eigenvalue weighted by Crippen LogP contribution is 2.41. The second-order valence-corrected chi connectivity index (χ2v) is 7.08. The van der Waals surface area contributed by atoms with Crippen LogP contribution in [0.3, 0.4) is 0 Å². The molecule has 0 aliphatic rings. The van der Waals surface area contributed by atoms with Crippen molar-refractivity contribution in [1.82, 2.24) is 0 Å². The van der Waals surface area contributed by atoms with Gasteiger partial charge < -0.3 is 0 Å². The van der Waals surface area contributed by atoms with Gasteiger partial charge in [-0.15, -0.1) is 0 Å². The summed E-state index contributed by atoms with van der Waals surface area (Å²) in [6, 6.07) is 0. The van der Waals surface area contributed by atoms with Crippen LogP contribution in [0.4, 0.5) is 0 Å². The van der Waals surface area contributed by atoms with Crippen LogP contribution < -0.4 is 0 Å². The fourth-order valence-corrected chi connectivity index (χ4v) is 4.03. The third kappa shape index (κ3) is 5.02. The van der Waals surface area contributed by atoms with Crippen LogP contribution in [0.1, 0.15) is 81.1 Å². The lowest BCUT2D eigenvalue weighted by Gasteiger charge is -2.41. The topological polar surface area (TPSA) is 0 Å². The average Bonchev–Trinajstić information content (AvgIpc) is 2.17. The van der Waals surface area contributed by atoms with Crippen molar-refractivity contribution in [3.63, 3.8) is 0 Å². The van der Waals surface area contributed by atoms with Crippen molar-refractivity contribution in [2.24, 2.45) is 29.1 Å². The van der Waals surface area contributed by atoms with Gasteiger partial charge in [0.2, 0.25) is 0 Å². The molecule has 0 aliphatic carbocycles. The molecule has 0 spiro atoms. The highest BCUT2D eigenvalue weighted by atomic mass is 14.4. The van der Waals surface area contributed by atoms with E-state index in [0.717, 1.165) is 23.7 Å². The zero-order valence-electron chi connectivity index (χ0n) is 13.6. The molecule has 0 heterocycles. The largest absolute Gasteiger partial charge is 0.0654 e. The minimum atomic E-state index is 0.452. The normalized spacial score (nSPS) is 19.8. The van der Waals surface area contributed by atoms with E-state index in [1.54, 1.807) is 0 Å². The maximum Gasteiger partial charge on any atom is -0.0339 e. The minimum absolute atomic E-state index is 0.452. The zero-order valence-corrected chi connectivity index (χ0v) is 13.6. The van der Waals surface area contributed by atoms with Gasteiger partial charge >= 0.3 is 0 Å². The van der Waals surface area contributed by atoms with Crippen molar-refractivity contribution >= 4 is 0 Å². The molecule has 4 atom stereocenters. The molecule has 0 rings (SSSR count). The summed E-state index contributed by atoms with van der Waals surface area (Å²) in [5.41, 5.74) is 0.452. The van der Waals surface area contributed by atoms with Crippen LogP contribution in [0.2, 0.25) is 0 Å². The van der Waals surface area contributed by atoms with Gasteiger partial charge in [0, 0.05) is 0 Å². The second-order valence-electron chi connectivity index (χ2n) is 7.08. The quantitative estimate of drug-likeness (QED) is 0.500. The fraction of sp³-hybridized carbons (Fsp3) is 1.00. The van der Waals surface area contributed by atoms with Gasteiger partial charge in [-0.05, 0) is 29.1 Å². The van der Waals surface area contributed by atoms with Crippen molar-refractivity contribution in [3.8, 4) is 0 Å². The molecule has 0 saturated heterocycles. The molecule has 0 aromatic heterocycles. The van der Waals surface area contributed by atoms with Crippen LogP contribution in [-0.4, -0.2) is 0 Å². The van der Waals surface area contributed by atoms with E-state index in [9.17, 15) is 0 Å². The predicted octanol–water partition coefficient (Wildman–Crippen LogP) is 6.16. The molecule has 0 N–H and O–H groups in total. The molecule has 104 valence electrons. The molecule has 0 fully saturated rings. The standard InChI is InChI=1S/C17H36/c1-9-12-13(4)15(10-2)14(5)16(11-3)17(6,7)8/h13-16H,9-12H2,1-8H3. The first-order valence-electron chi connectivity index (χ1n) is 7.79. The van der Waals surface area contributed by atoms with Crippen molar-refractivity contribution in [2.45, 2.75) is 81.1 Å². The molecule has 0 aromatic rings. The maximum absolute atomic E-state index is 2.50. The van der Waals surface area contributed by atoms with Crippen molar-refractivity contribution in [3.05, 3.63) is 0 Å². The SMILES string of the molecule is CCCC(C)C(CC)C(C)C(CC)C(C)(C)C. The molecular weight excluding hydrogens is 204 g/mol. The van der Waals surface area contributed by atoms with Gasteiger partial charge in [0.1, 0.15) is 0 Å². The Balaban J connectivity index is 4.76. The molecule has 0 nitrogen and oxygen atoms in total. The summed E-state index contributed by atoms with van der Waals surface area (Å²) in [4.78, 5) is 0. The first-order chi connectivity index (χ1) is 7.79. The second kappa shape index (κ2) is 7.44. The molecule has 4 unspecified atom stereocenters. The summed E-state index contributed by atoms with van der Waals surface area (Å²) in [7, 11) is 0. The number of rotatable bonds is 7. The van der Waals surface area contributed by atoms with E-state index >= 15 is 0 Å². The van der Waals surface area contributed by atoms with Gasteiger partial charge in [-0.25, -0.2) is 0 Å². The Hall–Kier alpha value is 0. The summed E-state index contributed by atoms with van der Waals surface area (Å²) in [6.45, 7) is 19.3. The van der Waals surface area contributed by atoms with Gasteiger partial charge in [-0.1, -0.05) is 81.1 Å². The van der Waals surface area contributed by atoms with Crippen LogP contribution >= 0.6 is 0 Å². The summed E-state index contributed by atoms with van der Waals surface area (Å²) >= 11 is 0. The van der Waals surface area contributed by atoms with E-state index in [4.69, 9.17) is 0 Å². The van der Waals surface area contributed by atoms with E-state index < -0.39 is 0 Å². The highest BCUT2D eigenvalue weighted by molar-refractivity contribution is 4.83. The molecule has 0 aliphatic heterocycles. The Morgan fingerprint density at radius 2 is 1.41 bits per heavy atom. The Bertz CT molecular complexity index is 187. The fourth-order valence-electron chi connectivity index (χ4n) is 4.03. The van der Waals surface area contributed by atoms with Gasteiger partial charge in [-0.3, -0.25) is 0 Å². The lowest BCUT2D eigenvalue weighted by atomic mass is 9.65. The maximum atomic E-state index is 2.50. The summed E-state index contributed by atoms with van der Waals surface area (Å²) in [5, 5.41) is 0. The summed E-state index contributed by atoms with van der Waals surface area (Å²) < 4.78 is 0. The monoisotopic (exact) mass is 240 g/mol. The van der Waals surface area contributed by atoms with E-state index in [1.807, 2.05) is 0 Å². The molecule has 0 bridgehead atoms.